The van der Waals surface area contributed by atoms with E-state index in [4.69, 9.17) is 0 Å². The van der Waals surface area contributed by atoms with Gasteiger partial charge in [0, 0.05) is 66.6 Å². The van der Waals surface area contributed by atoms with E-state index in [-0.39, 0.29) is 23.9 Å². The molecule has 0 aliphatic carbocycles. The van der Waals surface area contributed by atoms with Crippen LogP contribution in [0.1, 0.15) is 39.7 Å². The zero-order chi connectivity index (χ0) is 22.0. The van der Waals surface area contributed by atoms with Crippen molar-refractivity contribution in [1.29, 1.82) is 0 Å². The molecule has 1 aromatic carbocycles. The molecule has 160 valence electrons. The van der Waals surface area contributed by atoms with Crippen molar-refractivity contribution in [3.63, 3.8) is 0 Å². The van der Waals surface area contributed by atoms with Crippen molar-refractivity contribution in [1.82, 2.24) is 15.2 Å². The number of carbonyl (C=O) groups excluding carboxylic acids is 2. The Balaban J connectivity index is 1.79. The van der Waals surface area contributed by atoms with Crippen LogP contribution in [0.4, 0.5) is 5.69 Å². The molecule has 2 aromatic rings. The van der Waals surface area contributed by atoms with Crippen LogP contribution in [0.25, 0.3) is 0 Å². The van der Waals surface area contributed by atoms with Crippen LogP contribution in [0.3, 0.4) is 0 Å². The van der Waals surface area contributed by atoms with E-state index in [1.54, 1.807) is 13.0 Å². The second kappa shape index (κ2) is 9.04. The Morgan fingerprint density at radius 2 is 1.77 bits per heavy atom. The first kappa shape index (κ1) is 22.1. The number of anilines is 1. The first-order valence-electron chi connectivity index (χ1n) is 9.95. The Morgan fingerprint density at radius 1 is 1.10 bits per heavy atom. The summed E-state index contributed by atoms with van der Waals surface area (Å²) in [6, 6.07) is 5.70. The van der Waals surface area contributed by atoms with Crippen LogP contribution >= 0.6 is 15.9 Å². The third-order valence-electron chi connectivity index (χ3n) is 5.57. The van der Waals surface area contributed by atoms with E-state index in [1.165, 1.54) is 0 Å². The molecular formula is C22H27BrN4O3. The van der Waals surface area contributed by atoms with Crippen molar-refractivity contribution in [2.24, 2.45) is 0 Å². The number of hydrogen-bond donors (Lipinski definition) is 2. The molecule has 1 aliphatic rings. The van der Waals surface area contributed by atoms with Crippen molar-refractivity contribution in [2.75, 3.05) is 31.1 Å². The van der Waals surface area contributed by atoms with Gasteiger partial charge in [0.1, 0.15) is 0 Å². The molecule has 3 rings (SSSR count). The standard InChI is InChI=1S/C22H27BrN4O3/c1-13-9-14(2)25-22(30)19(13)12-24-21(29)18-10-17(23)11-20(15(18)3)27-7-5-26(6-8-27)16(4)28/h9-11H,5-8,12H2,1-4H3,(H,24,29)(H,25,30). The van der Waals surface area contributed by atoms with Gasteiger partial charge in [-0.1, -0.05) is 15.9 Å². The number of aromatic amines is 1. The maximum absolute atomic E-state index is 12.9. The smallest absolute Gasteiger partial charge is 0.253 e. The fourth-order valence-electron chi connectivity index (χ4n) is 3.86. The zero-order valence-corrected chi connectivity index (χ0v) is 19.4. The number of H-pyrrole nitrogens is 1. The number of amides is 2. The Kier molecular flexibility index (Phi) is 6.65. The summed E-state index contributed by atoms with van der Waals surface area (Å²) in [5, 5.41) is 2.89. The van der Waals surface area contributed by atoms with Gasteiger partial charge in [-0.25, -0.2) is 0 Å². The average molecular weight is 475 g/mol. The summed E-state index contributed by atoms with van der Waals surface area (Å²) in [6.07, 6.45) is 0. The number of aromatic nitrogens is 1. The number of piperazine rings is 1. The van der Waals surface area contributed by atoms with Gasteiger partial charge in [0.25, 0.3) is 11.5 Å². The van der Waals surface area contributed by atoms with Gasteiger partial charge in [-0.15, -0.1) is 0 Å². The number of nitrogens with one attached hydrogen (secondary N) is 2. The summed E-state index contributed by atoms with van der Waals surface area (Å²) in [7, 11) is 0. The first-order chi connectivity index (χ1) is 14.2. The molecule has 2 N–H and O–H groups in total. The van der Waals surface area contributed by atoms with Crippen molar-refractivity contribution in [3.05, 3.63) is 61.0 Å². The Bertz CT molecular complexity index is 1040. The fourth-order valence-corrected chi connectivity index (χ4v) is 4.30. The molecule has 0 saturated carbocycles. The zero-order valence-electron chi connectivity index (χ0n) is 17.8. The lowest BCUT2D eigenvalue weighted by Crippen LogP contribution is -2.48. The summed E-state index contributed by atoms with van der Waals surface area (Å²) in [5.74, 6) is -0.140. The SMILES string of the molecule is CC(=O)N1CCN(c2cc(Br)cc(C(=O)NCc3c(C)cc(C)[nH]c3=O)c2C)CC1. The van der Waals surface area contributed by atoms with E-state index < -0.39 is 0 Å². The number of pyridine rings is 1. The normalized spacial score (nSPS) is 14.0. The first-order valence-corrected chi connectivity index (χ1v) is 10.7. The highest BCUT2D eigenvalue weighted by Gasteiger charge is 2.22. The molecule has 1 saturated heterocycles. The second-order valence-corrected chi connectivity index (χ2v) is 8.63. The van der Waals surface area contributed by atoms with Gasteiger partial charge < -0.3 is 20.1 Å². The predicted octanol–water partition coefficient (Wildman–Crippen LogP) is 2.66. The van der Waals surface area contributed by atoms with Crippen LogP contribution in [-0.4, -0.2) is 47.9 Å². The van der Waals surface area contributed by atoms with E-state index in [1.807, 2.05) is 37.8 Å². The van der Waals surface area contributed by atoms with Gasteiger partial charge >= 0.3 is 0 Å². The molecule has 0 spiro atoms. The van der Waals surface area contributed by atoms with Crippen molar-refractivity contribution < 1.29 is 9.59 Å². The van der Waals surface area contributed by atoms with Crippen LogP contribution in [0.15, 0.2) is 27.5 Å². The summed E-state index contributed by atoms with van der Waals surface area (Å²) in [5.41, 5.74) is 4.44. The van der Waals surface area contributed by atoms with Gasteiger partial charge in [-0.05, 0) is 50.1 Å². The monoisotopic (exact) mass is 474 g/mol. The lowest BCUT2D eigenvalue weighted by atomic mass is 10.0. The van der Waals surface area contributed by atoms with Crippen LogP contribution in [0.5, 0.6) is 0 Å². The van der Waals surface area contributed by atoms with Crippen LogP contribution in [0, 0.1) is 20.8 Å². The third kappa shape index (κ3) is 4.75. The molecule has 0 bridgehead atoms. The molecule has 0 atom stereocenters. The number of halogens is 1. The molecule has 2 amide bonds. The molecular weight excluding hydrogens is 448 g/mol. The molecule has 8 heteroatoms. The second-order valence-electron chi connectivity index (χ2n) is 7.72. The minimum Gasteiger partial charge on any atom is -0.368 e. The summed E-state index contributed by atoms with van der Waals surface area (Å²) < 4.78 is 0.812. The molecule has 0 unspecified atom stereocenters. The lowest BCUT2D eigenvalue weighted by Gasteiger charge is -2.36. The molecule has 1 fully saturated rings. The minimum atomic E-state index is -0.225. The number of carbonyl (C=O) groups is 2. The van der Waals surface area contributed by atoms with Gasteiger partial charge in [0.2, 0.25) is 5.91 Å². The Hall–Kier alpha value is -2.61. The number of benzene rings is 1. The van der Waals surface area contributed by atoms with Crippen LogP contribution in [-0.2, 0) is 11.3 Å². The number of hydrogen-bond acceptors (Lipinski definition) is 4. The average Bonchev–Trinajstić information content (AvgIpc) is 2.68. The quantitative estimate of drug-likeness (QED) is 0.712. The molecule has 30 heavy (non-hydrogen) atoms. The summed E-state index contributed by atoms with van der Waals surface area (Å²) >= 11 is 3.52. The van der Waals surface area contributed by atoms with Crippen LogP contribution in [0.2, 0.25) is 0 Å². The maximum Gasteiger partial charge on any atom is 0.253 e. The molecule has 0 radical (unpaired) electrons. The Morgan fingerprint density at radius 3 is 2.37 bits per heavy atom. The molecule has 1 aromatic heterocycles. The van der Waals surface area contributed by atoms with Crippen molar-refractivity contribution in [2.45, 2.75) is 34.2 Å². The molecule has 1 aliphatic heterocycles. The molecule has 2 heterocycles. The van der Waals surface area contributed by atoms with E-state index >= 15 is 0 Å². The van der Waals surface area contributed by atoms with Gasteiger partial charge in [0.15, 0.2) is 0 Å². The van der Waals surface area contributed by atoms with E-state index in [2.05, 4.69) is 31.1 Å². The van der Waals surface area contributed by atoms with Crippen molar-refractivity contribution in [3.8, 4) is 0 Å². The Labute approximate surface area is 184 Å². The topological polar surface area (TPSA) is 85.5 Å². The summed E-state index contributed by atoms with van der Waals surface area (Å²) in [6.45, 7) is 10.1. The summed E-state index contributed by atoms with van der Waals surface area (Å²) in [4.78, 5) is 43.6. The van der Waals surface area contributed by atoms with E-state index in [9.17, 15) is 14.4 Å². The predicted molar refractivity (Wildman–Crippen MR) is 121 cm³/mol. The third-order valence-corrected chi connectivity index (χ3v) is 6.03. The fraction of sp³-hybridized carbons (Fsp3) is 0.409. The number of aryl methyl sites for hydroxylation is 2. The highest BCUT2D eigenvalue weighted by Crippen LogP contribution is 2.29. The highest BCUT2D eigenvalue weighted by atomic mass is 79.9. The van der Waals surface area contributed by atoms with E-state index in [0.717, 1.165) is 40.1 Å². The van der Waals surface area contributed by atoms with Gasteiger partial charge in [0.05, 0.1) is 0 Å². The van der Waals surface area contributed by atoms with Crippen LogP contribution < -0.4 is 15.8 Å². The maximum atomic E-state index is 12.9. The van der Waals surface area contributed by atoms with Gasteiger partial charge in [-0.3, -0.25) is 14.4 Å². The largest absolute Gasteiger partial charge is 0.368 e. The lowest BCUT2D eigenvalue weighted by molar-refractivity contribution is -0.129. The molecule has 7 nitrogen and oxygen atoms in total. The number of rotatable bonds is 4. The van der Waals surface area contributed by atoms with E-state index in [0.29, 0.717) is 24.2 Å². The minimum absolute atomic E-state index is 0.0852. The van der Waals surface area contributed by atoms with Crippen molar-refractivity contribution >= 4 is 33.4 Å². The number of nitrogens with zero attached hydrogens (tertiary/aromatic N) is 2. The highest BCUT2D eigenvalue weighted by molar-refractivity contribution is 9.10. The van der Waals surface area contributed by atoms with Gasteiger partial charge in [-0.2, -0.15) is 0 Å².